The van der Waals surface area contributed by atoms with E-state index in [-0.39, 0.29) is 17.0 Å². The Kier molecular flexibility index (Phi) is 3.43. The van der Waals surface area contributed by atoms with Crippen LogP contribution >= 0.6 is 11.6 Å². The molecule has 5 heteroatoms. The molecule has 1 aromatic heterocycles. The van der Waals surface area contributed by atoms with Crippen molar-refractivity contribution >= 4 is 22.6 Å². The van der Waals surface area contributed by atoms with Crippen molar-refractivity contribution in [3.63, 3.8) is 0 Å². The van der Waals surface area contributed by atoms with Crippen molar-refractivity contribution in [3.8, 4) is 5.75 Å². The fraction of sp³-hybridized carbons (Fsp3) is 0.333. The second-order valence-electron chi connectivity index (χ2n) is 3.91. The zero-order valence-electron chi connectivity index (χ0n) is 9.58. The lowest BCUT2D eigenvalue weighted by atomic mass is 10.2. The average molecular weight is 255 g/mol. The lowest BCUT2D eigenvalue weighted by Crippen LogP contribution is -2.05. The first-order chi connectivity index (χ1) is 8.10. The largest absolute Gasteiger partial charge is 0.491 e. The molecule has 0 amide bonds. The van der Waals surface area contributed by atoms with Gasteiger partial charge in [0.2, 0.25) is 0 Å². The molecule has 2 rings (SSSR count). The number of aromatic nitrogens is 2. The molecule has 1 heterocycles. The van der Waals surface area contributed by atoms with Crippen LogP contribution in [0.15, 0.2) is 18.2 Å². The Morgan fingerprint density at radius 3 is 2.71 bits per heavy atom. The second-order valence-corrected chi connectivity index (χ2v) is 4.27. The van der Waals surface area contributed by atoms with Gasteiger partial charge in [0.05, 0.1) is 17.1 Å². The highest BCUT2D eigenvalue weighted by molar-refractivity contribution is 6.30. The molecule has 1 aromatic carbocycles. The maximum atomic E-state index is 12.6. The maximum Gasteiger partial charge on any atom is 0.153 e. The quantitative estimate of drug-likeness (QED) is 0.840. The van der Waals surface area contributed by atoms with Gasteiger partial charge in [0.1, 0.15) is 18.1 Å². The summed E-state index contributed by atoms with van der Waals surface area (Å²) >= 11 is 5.81. The van der Waals surface area contributed by atoms with Gasteiger partial charge < -0.3 is 4.74 Å². The topological polar surface area (TPSA) is 35.0 Å². The SMILES string of the molecule is CC(C)Oc1ccc2nc(CF)c(Cl)nc2c1. The Labute approximate surface area is 104 Å². The number of hydrogen-bond donors (Lipinski definition) is 0. The van der Waals surface area contributed by atoms with E-state index in [0.29, 0.717) is 16.8 Å². The van der Waals surface area contributed by atoms with Crippen molar-refractivity contribution in [1.82, 2.24) is 9.97 Å². The number of nitrogens with zero attached hydrogens (tertiary/aromatic N) is 2. The Morgan fingerprint density at radius 1 is 1.29 bits per heavy atom. The molecule has 0 aliphatic rings. The first-order valence-electron chi connectivity index (χ1n) is 5.29. The maximum absolute atomic E-state index is 12.6. The third-order valence-corrected chi connectivity index (χ3v) is 2.46. The minimum atomic E-state index is -0.716. The van der Waals surface area contributed by atoms with Crippen LogP contribution in [0.4, 0.5) is 4.39 Å². The number of rotatable bonds is 3. The molecule has 0 aliphatic carbocycles. The van der Waals surface area contributed by atoms with Gasteiger partial charge in [0, 0.05) is 6.07 Å². The molecular formula is C12H12ClFN2O. The van der Waals surface area contributed by atoms with E-state index in [0.717, 1.165) is 0 Å². The molecule has 0 bridgehead atoms. The minimum Gasteiger partial charge on any atom is -0.491 e. The summed E-state index contributed by atoms with van der Waals surface area (Å²) in [6.45, 7) is 3.16. The van der Waals surface area contributed by atoms with Crippen molar-refractivity contribution in [2.24, 2.45) is 0 Å². The van der Waals surface area contributed by atoms with Gasteiger partial charge in [0.25, 0.3) is 0 Å². The summed E-state index contributed by atoms with van der Waals surface area (Å²) in [5.74, 6) is 0.700. The van der Waals surface area contributed by atoms with E-state index in [1.165, 1.54) is 0 Å². The van der Waals surface area contributed by atoms with Gasteiger partial charge in [-0.2, -0.15) is 0 Å². The third kappa shape index (κ3) is 2.64. The molecule has 2 aromatic rings. The summed E-state index contributed by atoms with van der Waals surface area (Å²) in [5.41, 5.74) is 1.38. The van der Waals surface area contributed by atoms with Crippen LogP contribution in [-0.4, -0.2) is 16.1 Å². The van der Waals surface area contributed by atoms with Crippen LogP contribution in [0.3, 0.4) is 0 Å². The molecular weight excluding hydrogens is 243 g/mol. The van der Waals surface area contributed by atoms with Crippen LogP contribution in [0.2, 0.25) is 5.15 Å². The predicted octanol–water partition coefficient (Wildman–Crippen LogP) is 3.54. The standard InChI is InChI=1S/C12H12ClFN2O/c1-7(2)17-8-3-4-9-10(5-8)16-12(13)11(6-14)15-9/h3-5,7H,6H2,1-2H3. The number of ether oxygens (including phenoxy) is 1. The lowest BCUT2D eigenvalue weighted by Gasteiger charge is -2.10. The molecule has 90 valence electrons. The summed E-state index contributed by atoms with van der Waals surface area (Å²) in [5, 5.41) is 0.0988. The monoisotopic (exact) mass is 254 g/mol. The minimum absolute atomic E-state index is 0.0843. The van der Waals surface area contributed by atoms with Crippen LogP contribution in [-0.2, 0) is 6.67 Å². The smallest absolute Gasteiger partial charge is 0.153 e. The first-order valence-corrected chi connectivity index (χ1v) is 5.66. The highest BCUT2D eigenvalue weighted by Crippen LogP contribution is 2.22. The summed E-state index contributed by atoms with van der Waals surface area (Å²) in [4.78, 5) is 8.19. The van der Waals surface area contributed by atoms with Gasteiger partial charge >= 0.3 is 0 Å². The molecule has 0 fully saturated rings. The van der Waals surface area contributed by atoms with E-state index in [4.69, 9.17) is 16.3 Å². The van der Waals surface area contributed by atoms with Crippen LogP contribution < -0.4 is 4.74 Å². The molecule has 0 aliphatic heterocycles. The van der Waals surface area contributed by atoms with Crippen LogP contribution in [0, 0.1) is 0 Å². The van der Waals surface area contributed by atoms with Crippen LogP contribution in [0.5, 0.6) is 5.75 Å². The molecule has 0 radical (unpaired) electrons. The van der Waals surface area contributed by atoms with Crippen LogP contribution in [0.25, 0.3) is 11.0 Å². The Hall–Kier alpha value is -1.42. The number of fused-ring (bicyclic) bond motifs is 1. The molecule has 0 spiro atoms. The highest BCUT2D eigenvalue weighted by Gasteiger charge is 2.08. The molecule has 0 saturated carbocycles. The molecule has 17 heavy (non-hydrogen) atoms. The van der Waals surface area contributed by atoms with Gasteiger partial charge in [-0.1, -0.05) is 11.6 Å². The summed E-state index contributed by atoms with van der Waals surface area (Å²) < 4.78 is 18.1. The second kappa shape index (κ2) is 4.84. The van der Waals surface area contributed by atoms with E-state index >= 15 is 0 Å². The summed E-state index contributed by atoms with van der Waals surface area (Å²) in [6.07, 6.45) is 0.0843. The fourth-order valence-electron chi connectivity index (χ4n) is 1.48. The number of hydrogen-bond acceptors (Lipinski definition) is 3. The molecule has 3 nitrogen and oxygen atoms in total. The van der Waals surface area contributed by atoms with E-state index in [9.17, 15) is 4.39 Å². The zero-order valence-corrected chi connectivity index (χ0v) is 10.3. The highest BCUT2D eigenvalue weighted by atomic mass is 35.5. The Bertz CT molecular complexity index is 545. The van der Waals surface area contributed by atoms with Gasteiger partial charge in [0.15, 0.2) is 5.15 Å². The van der Waals surface area contributed by atoms with Crippen molar-refractivity contribution in [2.75, 3.05) is 0 Å². The van der Waals surface area contributed by atoms with E-state index in [2.05, 4.69) is 9.97 Å². The molecule has 0 N–H and O–H groups in total. The Morgan fingerprint density at radius 2 is 2.06 bits per heavy atom. The fourth-order valence-corrected chi connectivity index (χ4v) is 1.66. The van der Waals surface area contributed by atoms with Gasteiger partial charge in [-0.3, -0.25) is 0 Å². The number of benzene rings is 1. The van der Waals surface area contributed by atoms with E-state index in [1.54, 1.807) is 18.2 Å². The van der Waals surface area contributed by atoms with Gasteiger partial charge in [-0.15, -0.1) is 0 Å². The predicted molar refractivity (Wildman–Crippen MR) is 65.1 cm³/mol. The summed E-state index contributed by atoms with van der Waals surface area (Å²) in [6, 6.07) is 5.28. The van der Waals surface area contributed by atoms with E-state index in [1.807, 2.05) is 13.8 Å². The number of halogens is 2. The van der Waals surface area contributed by atoms with Crippen LogP contribution in [0.1, 0.15) is 19.5 Å². The van der Waals surface area contributed by atoms with Crippen molar-refractivity contribution in [3.05, 3.63) is 29.0 Å². The van der Waals surface area contributed by atoms with E-state index < -0.39 is 6.67 Å². The molecule has 0 saturated heterocycles. The normalized spacial score (nSPS) is 11.1. The third-order valence-electron chi connectivity index (χ3n) is 2.16. The van der Waals surface area contributed by atoms with Gasteiger partial charge in [-0.05, 0) is 26.0 Å². The molecule has 0 atom stereocenters. The van der Waals surface area contributed by atoms with Crippen molar-refractivity contribution in [1.29, 1.82) is 0 Å². The summed E-state index contributed by atoms with van der Waals surface area (Å²) in [7, 11) is 0. The first kappa shape index (κ1) is 12.0. The van der Waals surface area contributed by atoms with Crippen molar-refractivity contribution in [2.45, 2.75) is 26.6 Å². The zero-order chi connectivity index (χ0) is 12.4. The lowest BCUT2D eigenvalue weighted by molar-refractivity contribution is 0.242. The van der Waals surface area contributed by atoms with Crippen molar-refractivity contribution < 1.29 is 9.13 Å². The van der Waals surface area contributed by atoms with Gasteiger partial charge in [-0.25, -0.2) is 14.4 Å². The Balaban J connectivity index is 2.47. The molecule has 0 unspecified atom stereocenters. The average Bonchev–Trinajstić information content (AvgIpc) is 2.27. The number of alkyl halides is 1.